The van der Waals surface area contributed by atoms with Crippen LogP contribution in [-0.4, -0.2) is 38.1 Å². The van der Waals surface area contributed by atoms with E-state index in [9.17, 15) is 13.2 Å². The van der Waals surface area contributed by atoms with E-state index in [0.29, 0.717) is 13.1 Å². The SMILES string of the molecule is Cc1ccc(S(=O)(=O)CC(=O)N2CCCC2)c(N)c1. The number of likely N-dealkylation sites (tertiary alicyclic amines) is 1. The van der Waals surface area contributed by atoms with Gasteiger partial charge >= 0.3 is 0 Å². The molecule has 5 nitrogen and oxygen atoms in total. The second-order valence-electron chi connectivity index (χ2n) is 4.89. The maximum absolute atomic E-state index is 12.2. The lowest BCUT2D eigenvalue weighted by molar-refractivity contribution is -0.127. The molecule has 19 heavy (non-hydrogen) atoms. The highest BCUT2D eigenvalue weighted by Gasteiger charge is 2.26. The first kappa shape index (κ1) is 13.9. The highest BCUT2D eigenvalue weighted by Crippen LogP contribution is 2.21. The molecule has 0 radical (unpaired) electrons. The fourth-order valence-electron chi connectivity index (χ4n) is 2.25. The van der Waals surface area contributed by atoms with Crippen molar-refractivity contribution < 1.29 is 13.2 Å². The van der Waals surface area contributed by atoms with Gasteiger partial charge in [-0.2, -0.15) is 0 Å². The zero-order valence-corrected chi connectivity index (χ0v) is 11.7. The molecular formula is C13H18N2O3S. The zero-order chi connectivity index (χ0) is 14.0. The van der Waals surface area contributed by atoms with Gasteiger partial charge in [0.2, 0.25) is 5.91 Å². The van der Waals surface area contributed by atoms with E-state index in [0.717, 1.165) is 18.4 Å². The lowest BCUT2D eigenvalue weighted by atomic mass is 10.2. The number of rotatable bonds is 3. The van der Waals surface area contributed by atoms with Crippen LogP contribution in [0.15, 0.2) is 23.1 Å². The molecule has 2 rings (SSSR count). The molecule has 1 aliphatic heterocycles. The average molecular weight is 282 g/mol. The Kier molecular flexibility index (Phi) is 3.80. The molecular weight excluding hydrogens is 264 g/mol. The summed E-state index contributed by atoms with van der Waals surface area (Å²) in [6.07, 6.45) is 1.89. The molecule has 1 amide bonds. The number of anilines is 1. The number of carbonyl (C=O) groups is 1. The number of aryl methyl sites for hydroxylation is 1. The van der Waals surface area contributed by atoms with Gasteiger partial charge in [-0.15, -0.1) is 0 Å². The van der Waals surface area contributed by atoms with E-state index in [1.54, 1.807) is 17.0 Å². The number of nitrogens with two attached hydrogens (primary N) is 1. The molecule has 0 atom stereocenters. The van der Waals surface area contributed by atoms with Crippen molar-refractivity contribution in [3.05, 3.63) is 23.8 Å². The van der Waals surface area contributed by atoms with Crippen molar-refractivity contribution in [1.29, 1.82) is 0 Å². The van der Waals surface area contributed by atoms with Crippen LogP contribution in [0.25, 0.3) is 0 Å². The fraction of sp³-hybridized carbons (Fsp3) is 0.462. The Balaban J connectivity index is 2.20. The number of hydrogen-bond acceptors (Lipinski definition) is 4. The lowest BCUT2D eigenvalue weighted by Gasteiger charge is -2.15. The van der Waals surface area contributed by atoms with Crippen LogP contribution in [-0.2, 0) is 14.6 Å². The van der Waals surface area contributed by atoms with E-state index in [1.165, 1.54) is 6.07 Å². The Morgan fingerprint density at radius 1 is 1.32 bits per heavy atom. The van der Waals surface area contributed by atoms with Crippen LogP contribution in [0.4, 0.5) is 5.69 Å². The molecule has 0 aliphatic carbocycles. The number of benzene rings is 1. The Labute approximate surface area is 113 Å². The highest BCUT2D eigenvalue weighted by molar-refractivity contribution is 7.92. The van der Waals surface area contributed by atoms with Gasteiger partial charge in [0.15, 0.2) is 9.84 Å². The normalized spacial score (nSPS) is 15.7. The van der Waals surface area contributed by atoms with E-state index in [-0.39, 0.29) is 16.5 Å². The van der Waals surface area contributed by atoms with Gasteiger partial charge in [0.05, 0.1) is 10.6 Å². The summed E-state index contributed by atoms with van der Waals surface area (Å²) >= 11 is 0. The van der Waals surface area contributed by atoms with Gasteiger partial charge in [-0.3, -0.25) is 4.79 Å². The summed E-state index contributed by atoms with van der Waals surface area (Å²) in [7, 11) is -3.66. The van der Waals surface area contributed by atoms with Crippen LogP contribution in [0.1, 0.15) is 18.4 Å². The third kappa shape index (κ3) is 3.07. The van der Waals surface area contributed by atoms with Gasteiger partial charge in [0.25, 0.3) is 0 Å². The summed E-state index contributed by atoms with van der Waals surface area (Å²) in [5.74, 6) is -0.835. The van der Waals surface area contributed by atoms with Gasteiger partial charge in [-0.05, 0) is 37.5 Å². The minimum absolute atomic E-state index is 0.0469. The van der Waals surface area contributed by atoms with E-state index >= 15 is 0 Å². The highest BCUT2D eigenvalue weighted by atomic mass is 32.2. The minimum atomic E-state index is -3.66. The molecule has 1 saturated heterocycles. The molecule has 1 aromatic rings. The number of nitrogen functional groups attached to an aromatic ring is 1. The van der Waals surface area contributed by atoms with Crippen molar-refractivity contribution in [2.45, 2.75) is 24.7 Å². The van der Waals surface area contributed by atoms with Crippen molar-refractivity contribution in [3.8, 4) is 0 Å². The number of sulfone groups is 1. The second kappa shape index (κ2) is 5.21. The quantitative estimate of drug-likeness (QED) is 0.838. The summed E-state index contributed by atoms with van der Waals surface area (Å²) < 4.78 is 24.4. The van der Waals surface area contributed by atoms with E-state index in [4.69, 9.17) is 5.73 Å². The van der Waals surface area contributed by atoms with E-state index in [1.807, 2.05) is 6.92 Å². The molecule has 0 bridgehead atoms. The Morgan fingerprint density at radius 3 is 2.53 bits per heavy atom. The van der Waals surface area contributed by atoms with Crippen LogP contribution in [0.5, 0.6) is 0 Å². The molecule has 1 heterocycles. The molecule has 0 saturated carbocycles. The van der Waals surface area contributed by atoms with E-state index in [2.05, 4.69) is 0 Å². The predicted molar refractivity (Wildman–Crippen MR) is 73.5 cm³/mol. The summed E-state index contributed by atoms with van der Waals surface area (Å²) in [4.78, 5) is 13.6. The lowest BCUT2D eigenvalue weighted by Crippen LogP contribution is -2.33. The summed E-state index contributed by atoms with van der Waals surface area (Å²) in [6.45, 7) is 3.14. The van der Waals surface area contributed by atoms with E-state index < -0.39 is 15.6 Å². The molecule has 2 N–H and O–H groups in total. The third-order valence-electron chi connectivity index (χ3n) is 3.27. The molecule has 0 unspecified atom stereocenters. The van der Waals surface area contributed by atoms with Crippen LogP contribution in [0.3, 0.4) is 0 Å². The monoisotopic (exact) mass is 282 g/mol. The second-order valence-corrected chi connectivity index (χ2v) is 6.85. The van der Waals surface area contributed by atoms with Gasteiger partial charge in [0, 0.05) is 13.1 Å². The number of nitrogens with zero attached hydrogens (tertiary/aromatic N) is 1. The molecule has 6 heteroatoms. The molecule has 1 aromatic carbocycles. The Bertz CT molecular complexity index is 590. The van der Waals surface area contributed by atoms with Gasteiger partial charge < -0.3 is 10.6 Å². The minimum Gasteiger partial charge on any atom is -0.398 e. The Morgan fingerprint density at radius 2 is 1.95 bits per heavy atom. The van der Waals surface area contributed by atoms with Crippen LogP contribution >= 0.6 is 0 Å². The largest absolute Gasteiger partial charge is 0.398 e. The third-order valence-corrected chi connectivity index (χ3v) is 4.94. The molecule has 0 aromatic heterocycles. The fourth-order valence-corrected chi connectivity index (χ4v) is 3.61. The first-order chi connectivity index (χ1) is 8.90. The first-order valence-electron chi connectivity index (χ1n) is 6.27. The predicted octanol–water partition coefficient (Wildman–Crippen LogP) is 0.973. The summed E-state index contributed by atoms with van der Waals surface area (Å²) in [5.41, 5.74) is 6.83. The van der Waals surface area contributed by atoms with Gasteiger partial charge in [0.1, 0.15) is 5.75 Å². The summed E-state index contributed by atoms with van der Waals surface area (Å²) in [6, 6.07) is 4.76. The molecule has 1 aliphatic rings. The van der Waals surface area contributed by atoms with Crippen LogP contribution in [0, 0.1) is 6.92 Å². The smallest absolute Gasteiger partial charge is 0.238 e. The van der Waals surface area contributed by atoms with Crippen molar-refractivity contribution in [2.24, 2.45) is 0 Å². The summed E-state index contributed by atoms with van der Waals surface area (Å²) in [5, 5.41) is 0. The van der Waals surface area contributed by atoms with Crippen LogP contribution < -0.4 is 5.73 Å². The maximum Gasteiger partial charge on any atom is 0.238 e. The zero-order valence-electron chi connectivity index (χ0n) is 10.9. The topological polar surface area (TPSA) is 80.5 Å². The number of carbonyl (C=O) groups excluding carboxylic acids is 1. The standard InChI is InChI=1S/C13H18N2O3S/c1-10-4-5-12(11(14)8-10)19(17,18)9-13(16)15-6-2-3-7-15/h4-5,8H,2-3,6-7,9,14H2,1H3. The van der Waals surface area contributed by atoms with Crippen molar-refractivity contribution in [3.63, 3.8) is 0 Å². The Hall–Kier alpha value is -1.56. The number of hydrogen-bond donors (Lipinski definition) is 1. The molecule has 1 fully saturated rings. The molecule has 104 valence electrons. The average Bonchev–Trinajstić information content (AvgIpc) is 2.80. The van der Waals surface area contributed by atoms with Crippen molar-refractivity contribution >= 4 is 21.4 Å². The maximum atomic E-state index is 12.2. The van der Waals surface area contributed by atoms with Crippen molar-refractivity contribution in [1.82, 2.24) is 4.90 Å². The number of amides is 1. The molecule has 0 spiro atoms. The first-order valence-corrected chi connectivity index (χ1v) is 7.92. The van der Waals surface area contributed by atoms with Gasteiger partial charge in [-0.1, -0.05) is 6.07 Å². The van der Waals surface area contributed by atoms with Crippen LogP contribution in [0.2, 0.25) is 0 Å². The van der Waals surface area contributed by atoms with Gasteiger partial charge in [-0.25, -0.2) is 8.42 Å². The van der Waals surface area contributed by atoms with Crippen molar-refractivity contribution in [2.75, 3.05) is 24.6 Å².